The Labute approximate surface area is 111 Å². The van der Waals surface area contributed by atoms with E-state index in [4.69, 9.17) is 0 Å². The van der Waals surface area contributed by atoms with E-state index >= 15 is 0 Å². The molecule has 2 rings (SSSR count). The quantitative estimate of drug-likeness (QED) is 0.540. The zero-order valence-electron chi connectivity index (χ0n) is 9.46. The zero-order chi connectivity index (χ0) is 9.52. The Morgan fingerprint density at radius 2 is 1.33 bits per heavy atom. The zero-order valence-corrected chi connectivity index (χ0v) is 12.9. The summed E-state index contributed by atoms with van der Waals surface area (Å²) in [7, 11) is 0. The van der Waals surface area contributed by atoms with E-state index in [1.807, 2.05) is 0 Å². The summed E-state index contributed by atoms with van der Waals surface area (Å²) in [6.45, 7) is 3.06. The first-order chi connectivity index (χ1) is 6.45. The summed E-state index contributed by atoms with van der Waals surface area (Å²) < 4.78 is 0. The molecule has 15 heavy (non-hydrogen) atoms. The van der Waals surface area contributed by atoms with Crippen molar-refractivity contribution in [1.82, 2.24) is 0 Å². The van der Waals surface area contributed by atoms with Gasteiger partial charge in [-0.3, -0.25) is 0 Å². The molecule has 2 aliphatic rings. The molecule has 0 nitrogen and oxygen atoms in total. The van der Waals surface area contributed by atoms with Gasteiger partial charge in [0.2, 0.25) is 0 Å². The molecule has 0 unspecified atom stereocenters. The van der Waals surface area contributed by atoms with E-state index in [-0.39, 0.29) is 14.9 Å². The van der Waals surface area contributed by atoms with Gasteiger partial charge in [-0.1, -0.05) is 12.2 Å². The van der Waals surface area contributed by atoms with Crippen LogP contribution in [0, 0.1) is 21.3 Å². The van der Waals surface area contributed by atoms with Crippen molar-refractivity contribution in [2.24, 2.45) is 0 Å². The summed E-state index contributed by atoms with van der Waals surface area (Å²) >= 11 is 1.36. The van der Waals surface area contributed by atoms with Crippen molar-refractivity contribution in [1.29, 1.82) is 0 Å². The molecule has 0 amide bonds. The molecule has 0 bridgehead atoms. The third-order valence-electron chi connectivity index (χ3n) is 1.97. The Hall–Kier alpha value is -0.0700. The van der Waals surface area contributed by atoms with Gasteiger partial charge in [0.15, 0.2) is 0 Å². The molecule has 2 radical (unpaired) electrons. The van der Waals surface area contributed by atoms with Gasteiger partial charge in [0.1, 0.15) is 0 Å². The van der Waals surface area contributed by atoms with E-state index in [2.05, 4.69) is 49.8 Å². The first-order valence-corrected chi connectivity index (χ1v) is 8.45. The fraction of sp³-hybridized carbons (Fsp3) is 0.154. The fourth-order valence-corrected chi connectivity index (χ4v) is 1.38. The molecule has 0 aliphatic heterocycles. The average Bonchev–Trinajstić information content (AvgIpc) is 2.81. The van der Waals surface area contributed by atoms with Crippen molar-refractivity contribution in [3.63, 3.8) is 0 Å². The molecule has 0 heterocycles. The summed E-state index contributed by atoms with van der Waals surface area (Å²) in [5.74, 6) is 0. The molecule has 0 aromatic carbocycles. The molecule has 0 saturated heterocycles. The number of hydrogen-bond acceptors (Lipinski definition) is 0. The van der Waals surface area contributed by atoms with Gasteiger partial charge in [-0.15, -0.1) is 12.2 Å². The van der Waals surface area contributed by atoms with E-state index in [0.29, 0.717) is 0 Å². The summed E-state index contributed by atoms with van der Waals surface area (Å²) in [4.78, 5) is 0. The number of rotatable bonds is 2. The van der Waals surface area contributed by atoms with Gasteiger partial charge in [-0.2, -0.15) is 29.7 Å². The first-order valence-electron chi connectivity index (χ1n) is 4.26. The predicted molar refractivity (Wildman–Crippen MR) is 66.6 cm³/mol. The third-order valence-corrected chi connectivity index (χ3v) is 1.97. The van der Waals surface area contributed by atoms with Crippen LogP contribution in [0.4, 0.5) is 0 Å². The maximum atomic E-state index is 3.06. The third kappa shape index (κ3) is 6.17. The molecule has 0 fully saturated rings. The van der Waals surface area contributed by atoms with Crippen LogP contribution in [0.2, 0.25) is 0 Å². The second kappa shape index (κ2) is 10.4. The van der Waals surface area contributed by atoms with Gasteiger partial charge in [0.25, 0.3) is 0 Å². The minimum absolute atomic E-state index is 0. The topological polar surface area (TPSA) is 0 Å². The standard InChI is InChI=1S/C11H11.2CH3.Si.Zr/c1-2-6-10(5-1)9-11-7-3-4-8-11;;;;/h1-5,7,9H,6,8H2;2*1H3;;/q3*-1;;. The van der Waals surface area contributed by atoms with E-state index < -0.39 is 0 Å². The van der Waals surface area contributed by atoms with Crippen LogP contribution in [-0.2, 0) is 23.3 Å². The van der Waals surface area contributed by atoms with E-state index in [1.165, 1.54) is 34.5 Å². The normalized spacial score (nSPS) is 15.1. The van der Waals surface area contributed by atoms with Gasteiger partial charge < -0.3 is 14.9 Å². The molecular formula is C13H17SiZr-3. The van der Waals surface area contributed by atoms with Gasteiger partial charge in [0, 0.05) is 0 Å². The van der Waals surface area contributed by atoms with Crippen molar-refractivity contribution < 1.29 is 23.3 Å². The minimum atomic E-state index is 0. The number of allylic oxidation sites excluding steroid dienone is 8. The van der Waals surface area contributed by atoms with Crippen molar-refractivity contribution in [2.75, 3.05) is 0 Å². The van der Waals surface area contributed by atoms with Crippen LogP contribution in [0.5, 0.6) is 0 Å². The van der Waals surface area contributed by atoms with Crippen LogP contribution >= 0.6 is 0 Å². The van der Waals surface area contributed by atoms with Gasteiger partial charge in [-0.05, 0) is 12.8 Å². The molecule has 0 aromatic rings. The Bertz CT molecular complexity index is 257. The summed E-state index contributed by atoms with van der Waals surface area (Å²) in [5.41, 5.74) is 2.86. The van der Waals surface area contributed by atoms with Crippen LogP contribution in [0.15, 0.2) is 47.6 Å². The van der Waals surface area contributed by atoms with Gasteiger partial charge in [-0.25, -0.2) is 0 Å². The first kappa shape index (κ1) is 17.3. The van der Waals surface area contributed by atoms with Crippen molar-refractivity contribution in [2.45, 2.75) is 12.8 Å². The molecule has 80 valence electrons. The van der Waals surface area contributed by atoms with Crippen molar-refractivity contribution in [3.8, 4) is 0 Å². The summed E-state index contributed by atoms with van der Waals surface area (Å²) in [6.07, 6.45) is 17.5. The molecule has 0 saturated carbocycles. The molecule has 0 atom stereocenters. The maximum absolute atomic E-state index is 3.06. The number of hydrogen-bond donors (Lipinski definition) is 0. The summed E-state index contributed by atoms with van der Waals surface area (Å²) in [6, 6.07) is 0. The molecule has 2 heteroatoms. The Kier molecular flexibility index (Phi) is 12.1. The second-order valence-electron chi connectivity index (χ2n) is 2.89. The Balaban J connectivity index is 0. The van der Waals surface area contributed by atoms with Crippen molar-refractivity contribution in [3.05, 3.63) is 68.9 Å². The molecule has 0 aromatic heterocycles. The van der Waals surface area contributed by atoms with Gasteiger partial charge >= 0.3 is 30.2 Å². The molecule has 2 aliphatic carbocycles. The van der Waals surface area contributed by atoms with E-state index in [9.17, 15) is 0 Å². The van der Waals surface area contributed by atoms with Crippen LogP contribution < -0.4 is 0 Å². The van der Waals surface area contributed by atoms with E-state index in [0.717, 1.165) is 12.8 Å². The Morgan fingerprint density at radius 1 is 0.933 bits per heavy atom. The van der Waals surface area contributed by atoms with E-state index in [1.54, 1.807) is 0 Å². The predicted octanol–water partition coefficient (Wildman–Crippen LogP) is 3.48. The van der Waals surface area contributed by atoms with Crippen LogP contribution in [0.25, 0.3) is 0 Å². The fourth-order valence-electron chi connectivity index (χ4n) is 1.38. The Morgan fingerprint density at radius 3 is 1.60 bits per heavy atom. The molecule has 0 N–H and O–H groups in total. The SMILES string of the molecule is C1=CCC([CH-]C2=CC=CC2)=C1.[CH3-].[CH3-].[Si]=[Zr]. The summed E-state index contributed by atoms with van der Waals surface area (Å²) in [5, 5.41) is 0. The second-order valence-corrected chi connectivity index (χ2v) is 2.89. The average molecular weight is 293 g/mol. The van der Waals surface area contributed by atoms with Crippen molar-refractivity contribution >= 4 is 6.88 Å². The van der Waals surface area contributed by atoms with Crippen LogP contribution in [0.3, 0.4) is 0 Å². The monoisotopic (exact) mass is 291 g/mol. The molecule has 0 spiro atoms. The molecular weight excluding hydrogens is 275 g/mol. The van der Waals surface area contributed by atoms with Gasteiger partial charge in [0.05, 0.1) is 0 Å². The van der Waals surface area contributed by atoms with Crippen LogP contribution in [0.1, 0.15) is 12.8 Å². The van der Waals surface area contributed by atoms with Crippen LogP contribution in [-0.4, -0.2) is 6.88 Å².